The summed E-state index contributed by atoms with van der Waals surface area (Å²) in [4.78, 5) is 24.0. The normalized spacial score (nSPS) is 11.7. The second-order valence-electron chi connectivity index (χ2n) is 6.79. The smallest absolute Gasteiger partial charge is 0.260 e. The van der Waals surface area contributed by atoms with Crippen LogP contribution in [0.25, 0.3) is 0 Å². The van der Waals surface area contributed by atoms with Crippen LogP contribution in [0.15, 0.2) is 54.6 Å². The number of carbonyl (C=O) groups is 2. The fourth-order valence-corrected chi connectivity index (χ4v) is 2.56. The highest BCUT2D eigenvalue weighted by Crippen LogP contribution is 2.19. The summed E-state index contributed by atoms with van der Waals surface area (Å²) >= 11 is 0. The van der Waals surface area contributed by atoms with Crippen molar-refractivity contribution in [3.05, 3.63) is 65.7 Å². The Morgan fingerprint density at radius 3 is 2.15 bits per heavy atom. The van der Waals surface area contributed by atoms with E-state index < -0.39 is 6.10 Å². The molecule has 2 aromatic rings. The van der Waals surface area contributed by atoms with Crippen LogP contribution >= 0.6 is 0 Å². The number of ether oxygens (including phenoxy) is 1. The minimum absolute atomic E-state index is 0.0648. The molecule has 0 saturated heterocycles. The third-order valence-electron chi connectivity index (χ3n) is 4.18. The van der Waals surface area contributed by atoms with E-state index in [4.69, 9.17) is 4.74 Å². The Hall–Kier alpha value is -2.82. The van der Waals surface area contributed by atoms with Gasteiger partial charge in [0, 0.05) is 13.1 Å². The molecule has 0 aromatic heterocycles. The van der Waals surface area contributed by atoms with E-state index >= 15 is 0 Å². The molecule has 0 radical (unpaired) electrons. The summed E-state index contributed by atoms with van der Waals surface area (Å²) in [5, 5.41) is 5.57. The Balaban J connectivity index is 1.66. The van der Waals surface area contributed by atoms with E-state index in [2.05, 4.69) is 24.5 Å². The third kappa shape index (κ3) is 7.13. The number of hydrogen-bond acceptors (Lipinski definition) is 3. The number of carbonyl (C=O) groups excluding carboxylic acids is 2. The fraction of sp³-hybridized carbons (Fsp3) is 0.364. The highest BCUT2D eigenvalue weighted by molar-refractivity contribution is 5.81. The summed E-state index contributed by atoms with van der Waals surface area (Å²) < 4.78 is 5.67. The van der Waals surface area contributed by atoms with Gasteiger partial charge in [0.25, 0.3) is 5.91 Å². The molecule has 5 nitrogen and oxygen atoms in total. The van der Waals surface area contributed by atoms with Crippen LogP contribution in [0, 0.1) is 0 Å². The van der Waals surface area contributed by atoms with E-state index in [9.17, 15) is 9.59 Å². The SMILES string of the molecule is CC(Oc1ccc(C(C)C)cc1)C(=O)NCCNC(=O)Cc1ccccc1. The Morgan fingerprint density at radius 1 is 0.889 bits per heavy atom. The van der Waals surface area contributed by atoms with Crippen LogP contribution in [-0.2, 0) is 16.0 Å². The number of amides is 2. The molecule has 2 rings (SSSR count). The molecular formula is C22H28N2O3. The Kier molecular flexibility index (Phi) is 7.86. The van der Waals surface area contributed by atoms with Crippen molar-refractivity contribution in [2.24, 2.45) is 0 Å². The zero-order chi connectivity index (χ0) is 19.6. The van der Waals surface area contributed by atoms with Crippen LogP contribution in [-0.4, -0.2) is 31.0 Å². The highest BCUT2D eigenvalue weighted by atomic mass is 16.5. The van der Waals surface area contributed by atoms with E-state index in [0.717, 1.165) is 5.56 Å². The molecular weight excluding hydrogens is 340 g/mol. The average molecular weight is 368 g/mol. The quantitative estimate of drug-likeness (QED) is 0.669. The molecule has 2 aromatic carbocycles. The molecule has 1 unspecified atom stereocenters. The van der Waals surface area contributed by atoms with Gasteiger partial charge in [-0.05, 0) is 36.1 Å². The van der Waals surface area contributed by atoms with E-state index in [1.54, 1.807) is 6.92 Å². The van der Waals surface area contributed by atoms with E-state index in [1.165, 1.54) is 5.56 Å². The van der Waals surface area contributed by atoms with Crippen molar-refractivity contribution in [1.82, 2.24) is 10.6 Å². The standard InChI is InChI=1S/C22H28N2O3/c1-16(2)19-9-11-20(12-10-19)27-17(3)22(26)24-14-13-23-21(25)15-18-7-5-4-6-8-18/h4-12,16-17H,13-15H2,1-3H3,(H,23,25)(H,24,26). The van der Waals surface area contributed by atoms with Crippen LogP contribution in [0.5, 0.6) is 5.75 Å². The molecule has 0 spiro atoms. The molecule has 0 fully saturated rings. The minimum atomic E-state index is -0.602. The van der Waals surface area contributed by atoms with Gasteiger partial charge in [-0.3, -0.25) is 9.59 Å². The summed E-state index contributed by atoms with van der Waals surface area (Å²) in [7, 11) is 0. The largest absolute Gasteiger partial charge is 0.481 e. The molecule has 144 valence electrons. The zero-order valence-electron chi connectivity index (χ0n) is 16.2. The number of rotatable bonds is 9. The fourth-order valence-electron chi connectivity index (χ4n) is 2.56. The maximum Gasteiger partial charge on any atom is 0.260 e. The van der Waals surface area contributed by atoms with Gasteiger partial charge in [0.1, 0.15) is 5.75 Å². The van der Waals surface area contributed by atoms with Gasteiger partial charge < -0.3 is 15.4 Å². The van der Waals surface area contributed by atoms with Crippen LogP contribution in [0.4, 0.5) is 0 Å². The van der Waals surface area contributed by atoms with E-state index in [-0.39, 0.29) is 11.8 Å². The average Bonchev–Trinajstić information content (AvgIpc) is 2.66. The maximum absolute atomic E-state index is 12.1. The van der Waals surface area contributed by atoms with Gasteiger partial charge in [-0.15, -0.1) is 0 Å². The van der Waals surface area contributed by atoms with Crippen molar-refractivity contribution in [3.63, 3.8) is 0 Å². The first-order chi connectivity index (χ1) is 13.0. The van der Waals surface area contributed by atoms with Gasteiger partial charge in [0.15, 0.2) is 6.10 Å². The topological polar surface area (TPSA) is 67.4 Å². The highest BCUT2D eigenvalue weighted by Gasteiger charge is 2.14. The van der Waals surface area contributed by atoms with Crippen LogP contribution in [0.2, 0.25) is 0 Å². The van der Waals surface area contributed by atoms with Gasteiger partial charge >= 0.3 is 0 Å². The lowest BCUT2D eigenvalue weighted by Crippen LogP contribution is -2.41. The molecule has 2 N–H and O–H groups in total. The lowest BCUT2D eigenvalue weighted by atomic mass is 10.0. The zero-order valence-corrected chi connectivity index (χ0v) is 16.2. The molecule has 0 aliphatic rings. The Bertz CT molecular complexity index is 727. The lowest BCUT2D eigenvalue weighted by molar-refractivity contribution is -0.127. The van der Waals surface area contributed by atoms with Crippen molar-refractivity contribution in [1.29, 1.82) is 0 Å². The maximum atomic E-state index is 12.1. The molecule has 0 aliphatic carbocycles. The molecule has 0 heterocycles. The van der Waals surface area contributed by atoms with Crippen LogP contribution in [0.3, 0.4) is 0 Å². The third-order valence-corrected chi connectivity index (χ3v) is 4.18. The summed E-state index contributed by atoms with van der Waals surface area (Å²) in [5.74, 6) is 0.848. The van der Waals surface area contributed by atoms with Gasteiger partial charge in [-0.1, -0.05) is 56.3 Å². The molecule has 27 heavy (non-hydrogen) atoms. The lowest BCUT2D eigenvalue weighted by Gasteiger charge is -2.15. The Morgan fingerprint density at radius 2 is 1.52 bits per heavy atom. The summed E-state index contributed by atoms with van der Waals surface area (Å²) in [6.45, 7) is 6.71. The van der Waals surface area contributed by atoms with E-state index in [0.29, 0.717) is 31.2 Å². The molecule has 0 saturated carbocycles. The van der Waals surface area contributed by atoms with Crippen molar-refractivity contribution < 1.29 is 14.3 Å². The molecule has 5 heteroatoms. The van der Waals surface area contributed by atoms with Crippen molar-refractivity contribution in [2.45, 2.75) is 39.2 Å². The van der Waals surface area contributed by atoms with Crippen molar-refractivity contribution in [2.75, 3.05) is 13.1 Å². The predicted octanol–water partition coefficient (Wildman–Crippen LogP) is 3.05. The monoisotopic (exact) mass is 368 g/mol. The predicted molar refractivity (Wildman–Crippen MR) is 107 cm³/mol. The number of hydrogen-bond donors (Lipinski definition) is 2. The van der Waals surface area contributed by atoms with Crippen LogP contribution < -0.4 is 15.4 Å². The molecule has 0 aliphatic heterocycles. The van der Waals surface area contributed by atoms with Crippen molar-refractivity contribution in [3.8, 4) is 5.75 Å². The summed E-state index contributed by atoms with van der Waals surface area (Å²) in [5.41, 5.74) is 2.19. The Labute approximate surface area is 161 Å². The molecule has 2 amide bonds. The van der Waals surface area contributed by atoms with Gasteiger partial charge in [0.05, 0.1) is 6.42 Å². The first kappa shape index (κ1) is 20.5. The second kappa shape index (κ2) is 10.4. The van der Waals surface area contributed by atoms with Gasteiger partial charge in [-0.2, -0.15) is 0 Å². The van der Waals surface area contributed by atoms with E-state index in [1.807, 2.05) is 54.6 Å². The minimum Gasteiger partial charge on any atom is -0.481 e. The second-order valence-corrected chi connectivity index (χ2v) is 6.79. The molecule has 1 atom stereocenters. The number of benzene rings is 2. The van der Waals surface area contributed by atoms with Gasteiger partial charge in [0.2, 0.25) is 5.91 Å². The number of nitrogens with one attached hydrogen (secondary N) is 2. The van der Waals surface area contributed by atoms with Crippen molar-refractivity contribution >= 4 is 11.8 Å². The first-order valence-electron chi connectivity index (χ1n) is 9.30. The first-order valence-corrected chi connectivity index (χ1v) is 9.30. The van der Waals surface area contributed by atoms with Gasteiger partial charge in [-0.25, -0.2) is 0 Å². The summed E-state index contributed by atoms with van der Waals surface area (Å²) in [6.07, 6.45) is -0.268. The van der Waals surface area contributed by atoms with Crippen LogP contribution in [0.1, 0.15) is 37.8 Å². The molecule has 0 bridgehead atoms. The summed E-state index contributed by atoms with van der Waals surface area (Å²) in [6, 6.07) is 17.3.